The number of rotatable bonds is 6. The van der Waals surface area contributed by atoms with Gasteiger partial charge < -0.3 is 19.1 Å². The first-order valence-corrected chi connectivity index (χ1v) is 9.13. The Hall–Kier alpha value is -2.68. The standard InChI is InChI=1S/C18H11BF10O4/c20-7-9(22)13(26)17(14(27)10(7)23)32-19(31-6-3-1-5(30)2-4-6)33-18-15(28)11(24)8(21)12(25)16(18)29/h5-6,30H,1-4H2. The first kappa shape index (κ1) is 25.0. The number of benzene rings is 2. The summed E-state index contributed by atoms with van der Waals surface area (Å²) in [6, 6.07) is 0. The minimum atomic E-state index is -2.73. The monoisotopic (exact) mass is 492 g/mol. The van der Waals surface area contributed by atoms with Crippen molar-refractivity contribution >= 4 is 7.32 Å². The van der Waals surface area contributed by atoms with Crippen LogP contribution in [-0.2, 0) is 4.65 Å². The number of aliphatic hydroxyl groups is 1. The Morgan fingerprint density at radius 1 is 0.515 bits per heavy atom. The van der Waals surface area contributed by atoms with E-state index < -0.39 is 89.2 Å². The summed E-state index contributed by atoms with van der Waals surface area (Å²) in [5.74, 6) is -28.9. The molecule has 0 radical (unpaired) electrons. The molecule has 0 unspecified atom stereocenters. The van der Waals surface area contributed by atoms with Crippen molar-refractivity contribution in [2.75, 3.05) is 0 Å². The molecule has 0 spiro atoms. The molecule has 1 aliphatic rings. The van der Waals surface area contributed by atoms with Gasteiger partial charge in [0, 0.05) is 6.10 Å². The molecule has 15 heteroatoms. The van der Waals surface area contributed by atoms with Gasteiger partial charge in [0.1, 0.15) is 0 Å². The molecule has 0 saturated heterocycles. The highest BCUT2D eigenvalue weighted by molar-refractivity contribution is 6.38. The van der Waals surface area contributed by atoms with Crippen LogP contribution >= 0.6 is 0 Å². The van der Waals surface area contributed by atoms with Crippen molar-refractivity contribution in [3.8, 4) is 11.5 Å². The van der Waals surface area contributed by atoms with Crippen molar-refractivity contribution in [2.24, 2.45) is 0 Å². The Balaban J connectivity index is 2.00. The van der Waals surface area contributed by atoms with Crippen LogP contribution in [0.15, 0.2) is 0 Å². The van der Waals surface area contributed by atoms with E-state index in [1.54, 1.807) is 0 Å². The van der Waals surface area contributed by atoms with Gasteiger partial charge in [0.25, 0.3) is 0 Å². The molecule has 180 valence electrons. The number of hydrogen-bond donors (Lipinski definition) is 1. The Morgan fingerprint density at radius 2 is 0.818 bits per heavy atom. The molecule has 1 N–H and O–H groups in total. The Labute approximate surface area is 178 Å². The summed E-state index contributed by atoms with van der Waals surface area (Å²) < 4.78 is 150. The first-order chi connectivity index (χ1) is 15.4. The van der Waals surface area contributed by atoms with Gasteiger partial charge in [0.15, 0.2) is 11.5 Å². The molecule has 3 rings (SSSR count). The van der Waals surface area contributed by atoms with E-state index in [0.717, 1.165) is 0 Å². The molecular formula is C18H11BF10O4. The minimum Gasteiger partial charge on any atom is -0.496 e. The summed E-state index contributed by atoms with van der Waals surface area (Å²) in [6.45, 7) is 0. The molecule has 1 saturated carbocycles. The van der Waals surface area contributed by atoms with Crippen LogP contribution in [0.5, 0.6) is 11.5 Å². The highest BCUT2D eigenvalue weighted by Gasteiger charge is 2.40. The van der Waals surface area contributed by atoms with Crippen molar-refractivity contribution in [3.63, 3.8) is 0 Å². The van der Waals surface area contributed by atoms with Crippen LogP contribution in [0.3, 0.4) is 0 Å². The lowest BCUT2D eigenvalue weighted by Crippen LogP contribution is -2.40. The van der Waals surface area contributed by atoms with Gasteiger partial charge in [-0.25, -0.2) is 26.3 Å². The van der Waals surface area contributed by atoms with Gasteiger partial charge in [0.05, 0.1) is 6.10 Å². The highest BCUT2D eigenvalue weighted by atomic mass is 19.2. The minimum absolute atomic E-state index is 0.0125. The summed E-state index contributed by atoms with van der Waals surface area (Å²) >= 11 is 0. The SMILES string of the molecule is OC1CCC(OB(Oc2c(F)c(F)c(F)c(F)c2F)Oc2c(F)c(F)c(F)c(F)c2F)CC1. The lowest BCUT2D eigenvalue weighted by Gasteiger charge is -2.27. The fourth-order valence-corrected chi connectivity index (χ4v) is 2.99. The molecule has 4 nitrogen and oxygen atoms in total. The second kappa shape index (κ2) is 9.67. The van der Waals surface area contributed by atoms with Crippen molar-refractivity contribution in [3.05, 3.63) is 58.2 Å². The average molecular weight is 492 g/mol. The second-order valence-electron chi connectivity index (χ2n) is 6.89. The molecule has 0 heterocycles. The Bertz CT molecular complexity index is 932. The van der Waals surface area contributed by atoms with E-state index >= 15 is 0 Å². The summed E-state index contributed by atoms with van der Waals surface area (Å²) in [5.41, 5.74) is 0. The zero-order chi connectivity index (χ0) is 24.6. The first-order valence-electron chi connectivity index (χ1n) is 9.13. The second-order valence-corrected chi connectivity index (χ2v) is 6.89. The van der Waals surface area contributed by atoms with E-state index in [9.17, 15) is 49.0 Å². The summed E-state index contributed by atoms with van der Waals surface area (Å²) in [4.78, 5) is 0. The van der Waals surface area contributed by atoms with Gasteiger partial charge >= 0.3 is 7.32 Å². The van der Waals surface area contributed by atoms with Gasteiger partial charge in [0.2, 0.25) is 58.2 Å². The van der Waals surface area contributed by atoms with Crippen molar-refractivity contribution in [1.29, 1.82) is 0 Å². The van der Waals surface area contributed by atoms with Gasteiger partial charge in [-0.2, -0.15) is 17.6 Å². The van der Waals surface area contributed by atoms with E-state index in [1.807, 2.05) is 0 Å². The van der Waals surface area contributed by atoms with E-state index in [4.69, 9.17) is 4.65 Å². The maximum Gasteiger partial charge on any atom is 0.788 e. The van der Waals surface area contributed by atoms with Crippen molar-refractivity contribution in [2.45, 2.75) is 37.9 Å². The lowest BCUT2D eigenvalue weighted by atomic mass is 9.94. The van der Waals surface area contributed by atoms with Gasteiger partial charge in [-0.1, -0.05) is 0 Å². The third kappa shape index (κ3) is 4.83. The zero-order valence-corrected chi connectivity index (χ0v) is 16.0. The van der Waals surface area contributed by atoms with Crippen LogP contribution in [-0.4, -0.2) is 24.6 Å². The number of hydrogen-bond acceptors (Lipinski definition) is 4. The lowest BCUT2D eigenvalue weighted by molar-refractivity contribution is 0.0429. The Kier molecular flexibility index (Phi) is 7.31. The molecule has 1 aliphatic carbocycles. The number of aliphatic hydroxyl groups excluding tert-OH is 1. The van der Waals surface area contributed by atoms with Crippen molar-refractivity contribution in [1.82, 2.24) is 0 Å². The van der Waals surface area contributed by atoms with Crippen LogP contribution in [0.2, 0.25) is 0 Å². The van der Waals surface area contributed by atoms with E-state index in [-0.39, 0.29) is 25.7 Å². The van der Waals surface area contributed by atoms with E-state index in [0.29, 0.717) is 0 Å². The zero-order valence-electron chi connectivity index (χ0n) is 16.0. The van der Waals surface area contributed by atoms with Crippen LogP contribution in [0, 0.1) is 58.2 Å². The molecule has 0 amide bonds. The highest BCUT2D eigenvalue weighted by Crippen LogP contribution is 2.33. The molecule has 2 aromatic rings. The average Bonchev–Trinajstić information content (AvgIpc) is 2.80. The smallest absolute Gasteiger partial charge is 0.496 e. The molecule has 0 bridgehead atoms. The third-order valence-electron chi connectivity index (χ3n) is 4.71. The van der Waals surface area contributed by atoms with Crippen LogP contribution in [0.1, 0.15) is 25.7 Å². The number of halogens is 10. The molecule has 0 aromatic heterocycles. The molecule has 2 aromatic carbocycles. The quantitative estimate of drug-likeness (QED) is 0.272. The molecule has 1 fully saturated rings. The molecular weight excluding hydrogens is 481 g/mol. The summed E-state index contributed by atoms with van der Waals surface area (Å²) in [6.07, 6.45) is -1.52. The summed E-state index contributed by atoms with van der Waals surface area (Å²) in [5, 5.41) is 9.50. The maximum atomic E-state index is 14.0. The van der Waals surface area contributed by atoms with Crippen molar-refractivity contribution < 1.29 is 63.0 Å². The fraction of sp³-hybridized carbons (Fsp3) is 0.333. The predicted octanol–water partition coefficient (Wildman–Crippen LogP) is 4.84. The van der Waals surface area contributed by atoms with Gasteiger partial charge in [-0.15, -0.1) is 0 Å². The largest absolute Gasteiger partial charge is 0.788 e. The van der Waals surface area contributed by atoms with Gasteiger partial charge in [-0.3, -0.25) is 0 Å². The van der Waals surface area contributed by atoms with E-state index in [1.165, 1.54) is 0 Å². The molecule has 0 aliphatic heterocycles. The Morgan fingerprint density at radius 3 is 1.15 bits per heavy atom. The topological polar surface area (TPSA) is 47.9 Å². The van der Waals surface area contributed by atoms with Crippen LogP contribution < -0.4 is 9.31 Å². The van der Waals surface area contributed by atoms with Gasteiger partial charge in [-0.05, 0) is 25.7 Å². The van der Waals surface area contributed by atoms with Crippen LogP contribution in [0.4, 0.5) is 43.9 Å². The molecule has 33 heavy (non-hydrogen) atoms. The maximum absolute atomic E-state index is 14.0. The van der Waals surface area contributed by atoms with E-state index in [2.05, 4.69) is 9.31 Å². The normalized spacial score (nSPS) is 18.4. The summed E-state index contributed by atoms with van der Waals surface area (Å²) in [7, 11) is -2.73. The van der Waals surface area contributed by atoms with Crippen LogP contribution in [0.25, 0.3) is 0 Å². The predicted molar refractivity (Wildman–Crippen MR) is 88.8 cm³/mol. The fourth-order valence-electron chi connectivity index (χ4n) is 2.99. The third-order valence-corrected chi connectivity index (χ3v) is 4.71. The molecule has 0 atom stereocenters.